The zero-order valence-electron chi connectivity index (χ0n) is 8.99. The van der Waals surface area contributed by atoms with E-state index in [-0.39, 0.29) is 12.0 Å². The van der Waals surface area contributed by atoms with Gasteiger partial charge in [-0.25, -0.2) is 0 Å². The molecule has 0 atom stereocenters. The van der Waals surface area contributed by atoms with E-state index in [1.54, 1.807) is 7.11 Å². The van der Waals surface area contributed by atoms with Crippen LogP contribution in [0, 0.1) is 0 Å². The summed E-state index contributed by atoms with van der Waals surface area (Å²) >= 11 is 0. The van der Waals surface area contributed by atoms with Gasteiger partial charge in [0.2, 0.25) is 0 Å². The van der Waals surface area contributed by atoms with Gasteiger partial charge in [0.15, 0.2) is 0 Å². The third-order valence-electron chi connectivity index (χ3n) is 2.96. The number of methoxy groups -OCH3 is 1. The van der Waals surface area contributed by atoms with Crippen molar-refractivity contribution in [1.82, 2.24) is 5.32 Å². The second-order valence-electron chi connectivity index (χ2n) is 4.14. The summed E-state index contributed by atoms with van der Waals surface area (Å²) in [7, 11) is 1.66. The Hall–Kier alpha value is -0.290. The van der Waals surface area contributed by atoms with Gasteiger partial charge in [0.1, 0.15) is 0 Å². The Morgan fingerprint density at radius 3 is 2.40 bits per heavy atom. The molecule has 1 rings (SSSR count). The third kappa shape index (κ3) is 4.38. The maximum absolute atomic E-state index is 11.8. The van der Waals surface area contributed by atoms with Crippen molar-refractivity contribution < 1.29 is 17.9 Å². The lowest BCUT2D eigenvalue weighted by Crippen LogP contribution is -2.48. The van der Waals surface area contributed by atoms with Gasteiger partial charge in [-0.1, -0.05) is 0 Å². The Bertz CT molecular complexity index is 184. The molecular formula is C10H18F3NO. The van der Waals surface area contributed by atoms with Crippen molar-refractivity contribution in [1.29, 1.82) is 0 Å². The van der Waals surface area contributed by atoms with Crippen LogP contribution in [0.5, 0.6) is 0 Å². The highest BCUT2D eigenvalue weighted by Crippen LogP contribution is 2.34. The van der Waals surface area contributed by atoms with Gasteiger partial charge in [-0.3, -0.25) is 0 Å². The molecule has 0 aromatic heterocycles. The summed E-state index contributed by atoms with van der Waals surface area (Å²) in [4.78, 5) is 0. The first-order valence-electron chi connectivity index (χ1n) is 5.30. The van der Waals surface area contributed by atoms with Crippen LogP contribution in [-0.2, 0) is 4.74 Å². The molecule has 1 aliphatic carbocycles. The molecule has 90 valence electrons. The molecular weight excluding hydrogens is 207 g/mol. The number of halogens is 3. The zero-order chi connectivity index (χ0) is 11.4. The fourth-order valence-corrected chi connectivity index (χ4v) is 1.75. The van der Waals surface area contributed by atoms with Crippen molar-refractivity contribution in [3.05, 3.63) is 0 Å². The highest BCUT2D eigenvalue weighted by atomic mass is 19.4. The molecule has 0 aliphatic heterocycles. The highest BCUT2D eigenvalue weighted by Gasteiger charge is 2.36. The molecule has 0 spiro atoms. The van der Waals surface area contributed by atoms with E-state index in [2.05, 4.69) is 5.32 Å². The SMILES string of the molecule is COC1(CNCCCC(F)(F)F)CCC1. The van der Waals surface area contributed by atoms with E-state index in [1.165, 1.54) is 0 Å². The van der Waals surface area contributed by atoms with Crippen LogP contribution in [0.4, 0.5) is 13.2 Å². The Morgan fingerprint density at radius 2 is 2.00 bits per heavy atom. The lowest BCUT2D eigenvalue weighted by Gasteiger charge is -2.40. The van der Waals surface area contributed by atoms with Crippen LogP contribution in [0.25, 0.3) is 0 Å². The highest BCUT2D eigenvalue weighted by molar-refractivity contribution is 4.91. The van der Waals surface area contributed by atoms with E-state index in [1.807, 2.05) is 0 Å². The molecule has 0 bridgehead atoms. The van der Waals surface area contributed by atoms with Gasteiger partial charge < -0.3 is 10.1 Å². The quantitative estimate of drug-likeness (QED) is 0.701. The summed E-state index contributed by atoms with van der Waals surface area (Å²) in [5.74, 6) is 0. The topological polar surface area (TPSA) is 21.3 Å². The van der Waals surface area contributed by atoms with Crippen LogP contribution in [0.3, 0.4) is 0 Å². The number of ether oxygens (including phenoxy) is 1. The fraction of sp³-hybridized carbons (Fsp3) is 1.00. The first kappa shape index (κ1) is 12.8. The van der Waals surface area contributed by atoms with Gasteiger partial charge in [0.05, 0.1) is 5.60 Å². The largest absolute Gasteiger partial charge is 0.389 e. The molecule has 1 fully saturated rings. The predicted molar refractivity (Wildman–Crippen MR) is 51.7 cm³/mol. The van der Waals surface area contributed by atoms with Gasteiger partial charge in [-0.05, 0) is 32.2 Å². The number of nitrogens with one attached hydrogen (secondary N) is 1. The van der Waals surface area contributed by atoms with Crippen molar-refractivity contribution in [2.75, 3.05) is 20.2 Å². The van der Waals surface area contributed by atoms with Crippen molar-refractivity contribution in [3.8, 4) is 0 Å². The molecule has 0 unspecified atom stereocenters. The Labute approximate surface area is 88.2 Å². The molecule has 1 N–H and O–H groups in total. The van der Waals surface area contributed by atoms with Gasteiger partial charge in [0, 0.05) is 20.1 Å². The van der Waals surface area contributed by atoms with Crippen LogP contribution < -0.4 is 5.32 Å². The Balaban J connectivity index is 2.02. The standard InChI is InChI=1S/C10H18F3NO/c1-15-9(4-2-5-9)8-14-7-3-6-10(11,12)13/h14H,2-8H2,1H3. The van der Waals surface area contributed by atoms with E-state index in [4.69, 9.17) is 4.74 Å². The van der Waals surface area contributed by atoms with Crippen molar-refractivity contribution in [2.45, 2.75) is 43.9 Å². The summed E-state index contributed by atoms with van der Waals surface area (Å²) in [5, 5.41) is 3.03. The van der Waals surface area contributed by atoms with Gasteiger partial charge in [0.25, 0.3) is 0 Å². The first-order valence-corrected chi connectivity index (χ1v) is 5.30. The van der Waals surface area contributed by atoms with E-state index >= 15 is 0 Å². The van der Waals surface area contributed by atoms with Crippen LogP contribution in [-0.4, -0.2) is 32.0 Å². The Morgan fingerprint density at radius 1 is 1.33 bits per heavy atom. The lowest BCUT2D eigenvalue weighted by molar-refractivity contribution is -0.135. The molecule has 0 aromatic carbocycles. The lowest BCUT2D eigenvalue weighted by atomic mass is 9.80. The van der Waals surface area contributed by atoms with Crippen molar-refractivity contribution >= 4 is 0 Å². The number of hydrogen-bond donors (Lipinski definition) is 1. The smallest absolute Gasteiger partial charge is 0.377 e. The molecule has 0 saturated heterocycles. The van der Waals surface area contributed by atoms with E-state index < -0.39 is 12.6 Å². The van der Waals surface area contributed by atoms with Crippen molar-refractivity contribution in [2.24, 2.45) is 0 Å². The van der Waals surface area contributed by atoms with Gasteiger partial charge in [-0.2, -0.15) is 13.2 Å². The normalized spacial score (nSPS) is 20.0. The molecule has 0 heterocycles. The van der Waals surface area contributed by atoms with Crippen LogP contribution >= 0.6 is 0 Å². The second kappa shape index (κ2) is 5.16. The number of alkyl halides is 3. The molecule has 0 radical (unpaired) electrons. The molecule has 1 aliphatic rings. The second-order valence-corrected chi connectivity index (χ2v) is 4.14. The zero-order valence-corrected chi connectivity index (χ0v) is 8.99. The molecule has 15 heavy (non-hydrogen) atoms. The van der Waals surface area contributed by atoms with Crippen LogP contribution in [0.15, 0.2) is 0 Å². The van der Waals surface area contributed by atoms with E-state index in [0.29, 0.717) is 13.1 Å². The molecule has 5 heteroatoms. The molecule has 2 nitrogen and oxygen atoms in total. The predicted octanol–water partition coefficient (Wildman–Crippen LogP) is 2.49. The maximum atomic E-state index is 11.8. The fourth-order valence-electron chi connectivity index (χ4n) is 1.75. The monoisotopic (exact) mass is 225 g/mol. The summed E-state index contributed by atoms with van der Waals surface area (Å²) < 4.78 is 40.8. The molecule has 1 saturated carbocycles. The number of hydrogen-bond acceptors (Lipinski definition) is 2. The maximum Gasteiger partial charge on any atom is 0.389 e. The summed E-state index contributed by atoms with van der Waals surface area (Å²) in [6.07, 6.45) is -1.43. The number of rotatable bonds is 6. The third-order valence-corrected chi connectivity index (χ3v) is 2.96. The van der Waals surface area contributed by atoms with Gasteiger partial charge >= 0.3 is 6.18 Å². The van der Waals surface area contributed by atoms with Gasteiger partial charge in [-0.15, -0.1) is 0 Å². The molecule has 0 aromatic rings. The molecule has 0 amide bonds. The van der Waals surface area contributed by atoms with Crippen LogP contribution in [0.1, 0.15) is 32.1 Å². The average molecular weight is 225 g/mol. The minimum absolute atomic E-state index is 0.0990. The van der Waals surface area contributed by atoms with E-state index in [0.717, 1.165) is 19.3 Å². The minimum Gasteiger partial charge on any atom is -0.377 e. The van der Waals surface area contributed by atoms with E-state index in [9.17, 15) is 13.2 Å². The van der Waals surface area contributed by atoms with Crippen molar-refractivity contribution in [3.63, 3.8) is 0 Å². The Kier molecular flexibility index (Phi) is 4.40. The summed E-state index contributed by atoms with van der Waals surface area (Å²) in [6, 6.07) is 0. The summed E-state index contributed by atoms with van der Waals surface area (Å²) in [5.41, 5.74) is -0.0990. The average Bonchev–Trinajstić information content (AvgIpc) is 2.06. The van der Waals surface area contributed by atoms with Crippen LogP contribution in [0.2, 0.25) is 0 Å². The minimum atomic E-state index is -4.03. The first-order chi connectivity index (χ1) is 6.97. The summed E-state index contributed by atoms with van der Waals surface area (Å²) in [6.45, 7) is 1.08.